The quantitative estimate of drug-likeness (QED) is 0.228. The van der Waals surface area contributed by atoms with Crippen LogP contribution in [0.15, 0.2) is 36.2 Å². The van der Waals surface area contributed by atoms with Gasteiger partial charge in [0.1, 0.15) is 6.07 Å². The van der Waals surface area contributed by atoms with Crippen LogP contribution < -0.4 is 0 Å². The molecule has 27 heavy (non-hydrogen) atoms. The summed E-state index contributed by atoms with van der Waals surface area (Å²) in [6.07, 6.45) is 22.1. The molecule has 0 heterocycles. The first-order valence-corrected chi connectivity index (χ1v) is 11.2. The van der Waals surface area contributed by atoms with Crippen LogP contribution in [0.5, 0.6) is 0 Å². The molecule has 0 saturated heterocycles. The third-order valence-corrected chi connectivity index (χ3v) is 6.94. The lowest BCUT2D eigenvalue weighted by Gasteiger charge is -2.36. The summed E-state index contributed by atoms with van der Waals surface area (Å²) in [6, 6.07) is 1.49. The molecule has 2 saturated carbocycles. The van der Waals surface area contributed by atoms with Crippen LogP contribution >= 0.6 is 0 Å². The number of unbranched alkanes of at least 4 members (excludes halogenated alkanes) is 1. The van der Waals surface area contributed by atoms with Crippen LogP contribution in [0.4, 0.5) is 4.39 Å². The summed E-state index contributed by atoms with van der Waals surface area (Å²) in [4.78, 5) is 0. The third kappa shape index (κ3) is 7.65. The second-order valence-corrected chi connectivity index (χ2v) is 8.78. The van der Waals surface area contributed by atoms with E-state index in [0.717, 1.165) is 30.1 Å². The first kappa shape index (κ1) is 21.9. The summed E-state index contributed by atoms with van der Waals surface area (Å²) in [5.41, 5.74) is 1.57. The first-order valence-electron chi connectivity index (χ1n) is 11.2. The summed E-state index contributed by atoms with van der Waals surface area (Å²) >= 11 is 0. The van der Waals surface area contributed by atoms with Crippen molar-refractivity contribution < 1.29 is 4.39 Å². The smallest absolute Gasteiger partial charge is 0.195 e. The van der Waals surface area contributed by atoms with Gasteiger partial charge in [-0.15, -0.1) is 0 Å². The molecule has 0 aliphatic heterocycles. The standard InChI is InChI=1S/C25H38FN/c1-3-4-8-21-11-15-23(16-12-21)20(2)24-17-13-22(14-18-24)9-6-5-7-10-25(26)19-27/h5,7,10,21-24H,2-4,6,8-9,11-18H2,1H3. The van der Waals surface area contributed by atoms with Crippen molar-refractivity contribution in [3.63, 3.8) is 0 Å². The highest BCUT2D eigenvalue weighted by molar-refractivity contribution is 5.18. The Morgan fingerprint density at radius 2 is 1.56 bits per heavy atom. The minimum Gasteiger partial charge on any atom is -0.195 e. The maximum atomic E-state index is 12.7. The van der Waals surface area contributed by atoms with E-state index < -0.39 is 5.83 Å². The van der Waals surface area contributed by atoms with E-state index in [2.05, 4.69) is 13.5 Å². The molecule has 2 heteroatoms. The number of nitrogens with zero attached hydrogens (tertiary/aromatic N) is 1. The Morgan fingerprint density at radius 3 is 2.07 bits per heavy atom. The molecule has 0 radical (unpaired) electrons. The van der Waals surface area contributed by atoms with E-state index >= 15 is 0 Å². The van der Waals surface area contributed by atoms with Crippen LogP contribution in [0, 0.1) is 35.0 Å². The fourth-order valence-corrected chi connectivity index (χ4v) is 5.09. The molecule has 0 amide bonds. The Kier molecular flexibility index (Phi) is 9.89. The molecular weight excluding hydrogens is 333 g/mol. The van der Waals surface area contributed by atoms with Crippen molar-refractivity contribution in [2.75, 3.05) is 0 Å². The Balaban J connectivity index is 1.64. The molecule has 0 aromatic carbocycles. The molecule has 2 rings (SSSR count). The fraction of sp³-hybridized carbons (Fsp3) is 0.720. The van der Waals surface area contributed by atoms with Crippen LogP contribution in [0.3, 0.4) is 0 Å². The van der Waals surface area contributed by atoms with Crippen molar-refractivity contribution in [3.05, 3.63) is 36.2 Å². The highest BCUT2D eigenvalue weighted by Gasteiger charge is 2.29. The minimum absolute atomic E-state index is 0.718. The predicted octanol–water partition coefficient (Wildman–Crippen LogP) is 8.06. The van der Waals surface area contributed by atoms with Crippen molar-refractivity contribution >= 4 is 0 Å². The fourth-order valence-electron chi connectivity index (χ4n) is 5.09. The van der Waals surface area contributed by atoms with Crippen molar-refractivity contribution in [1.29, 1.82) is 5.26 Å². The molecule has 2 aliphatic carbocycles. The second-order valence-electron chi connectivity index (χ2n) is 8.78. The predicted molar refractivity (Wildman–Crippen MR) is 113 cm³/mol. The van der Waals surface area contributed by atoms with Crippen molar-refractivity contribution in [3.8, 4) is 6.07 Å². The molecule has 2 aliphatic rings. The van der Waals surface area contributed by atoms with Gasteiger partial charge in [0.25, 0.3) is 0 Å². The molecule has 0 bridgehead atoms. The SMILES string of the molecule is C=C(C1CCC(CCC=CC=C(F)C#N)CC1)C1CCC(CCCC)CC1. The lowest BCUT2D eigenvalue weighted by Crippen LogP contribution is -2.23. The van der Waals surface area contributed by atoms with Gasteiger partial charge in [-0.05, 0) is 94.0 Å². The number of hydrogen-bond donors (Lipinski definition) is 0. The molecular formula is C25H38FN. The van der Waals surface area contributed by atoms with Gasteiger partial charge in [0.05, 0.1) is 0 Å². The molecule has 0 aromatic heterocycles. The number of nitriles is 1. The van der Waals surface area contributed by atoms with Gasteiger partial charge in [0.15, 0.2) is 5.83 Å². The van der Waals surface area contributed by atoms with Gasteiger partial charge >= 0.3 is 0 Å². The maximum absolute atomic E-state index is 12.7. The minimum atomic E-state index is -0.718. The summed E-state index contributed by atoms with van der Waals surface area (Å²) < 4.78 is 12.7. The van der Waals surface area contributed by atoms with Gasteiger partial charge in [-0.1, -0.05) is 50.5 Å². The summed E-state index contributed by atoms with van der Waals surface area (Å²) in [5, 5.41) is 8.37. The van der Waals surface area contributed by atoms with Gasteiger partial charge in [-0.2, -0.15) is 9.65 Å². The van der Waals surface area contributed by atoms with E-state index in [1.807, 2.05) is 6.08 Å². The Bertz CT molecular complexity index is 537. The Hall–Kier alpha value is -1.36. The van der Waals surface area contributed by atoms with Gasteiger partial charge in [0, 0.05) is 0 Å². The average Bonchev–Trinajstić information content (AvgIpc) is 2.72. The molecule has 0 spiro atoms. The molecule has 0 N–H and O–H groups in total. The monoisotopic (exact) mass is 371 g/mol. The van der Waals surface area contributed by atoms with E-state index in [9.17, 15) is 4.39 Å². The third-order valence-electron chi connectivity index (χ3n) is 6.94. The Labute approximate surface area is 166 Å². The number of halogens is 1. The van der Waals surface area contributed by atoms with Gasteiger partial charge in [-0.3, -0.25) is 0 Å². The topological polar surface area (TPSA) is 23.8 Å². The molecule has 0 aromatic rings. The normalized spacial score (nSPS) is 29.6. The van der Waals surface area contributed by atoms with Gasteiger partial charge in [0.2, 0.25) is 0 Å². The van der Waals surface area contributed by atoms with E-state index in [0.29, 0.717) is 0 Å². The van der Waals surface area contributed by atoms with E-state index in [-0.39, 0.29) is 0 Å². The largest absolute Gasteiger partial charge is 0.199 e. The van der Waals surface area contributed by atoms with E-state index in [1.165, 1.54) is 89.2 Å². The van der Waals surface area contributed by atoms with Gasteiger partial charge in [-0.25, -0.2) is 0 Å². The lowest BCUT2D eigenvalue weighted by atomic mass is 9.70. The van der Waals surface area contributed by atoms with Crippen LogP contribution in [-0.2, 0) is 0 Å². The number of rotatable bonds is 9. The zero-order chi connectivity index (χ0) is 19.5. The Morgan fingerprint density at radius 1 is 1.00 bits per heavy atom. The summed E-state index contributed by atoms with van der Waals surface area (Å²) in [7, 11) is 0. The highest BCUT2D eigenvalue weighted by Crippen LogP contribution is 2.42. The maximum Gasteiger partial charge on any atom is 0.199 e. The molecule has 150 valence electrons. The van der Waals surface area contributed by atoms with Gasteiger partial charge < -0.3 is 0 Å². The number of hydrogen-bond acceptors (Lipinski definition) is 1. The van der Waals surface area contributed by atoms with E-state index in [4.69, 9.17) is 5.26 Å². The first-order chi connectivity index (χ1) is 13.1. The second kappa shape index (κ2) is 12.2. The van der Waals surface area contributed by atoms with E-state index in [1.54, 1.807) is 11.6 Å². The van der Waals surface area contributed by atoms with Crippen LogP contribution in [0.2, 0.25) is 0 Å². The zero-order valence-electron chi connectivity index (χ0n) is 17.3. The van der Waals surface area contributed by atoms with Crippen molar-refractivity contribution in [2.45, 2.75) is 90.4 Å². The average molecular weight is 372 g/mol. The molecule has 1 nitrogen and oxygen atoms in total. The summed E-state index contributed by atoms with van der Waals surface area (Å²) in [5.74, 6) is 2.60. The summed E-state index contributed by atoms with van der Waals surface area (Å²) in [6.45, 7) is 6.84. The number of allylic oxidation sites excluding steroid dienone is 5. The molecule has 0 unspecified atom stereocenters. The molecule has 0 atom stereocenters. The van der Waals surface area contributed by atoms with Crippen molar-refractivity contribution in [1.82, 2.24) is 0 Å². The molecule has 2 fully saturated rings. The zero-order valence-corrected chi connectivity index (χ0v) is 17.3. The van der Waals surface area contributed by atoms with Crippen LogP contribution in [-0.4, -0.2) is 0 Å². The van der Waals surface area contributed by atoms with Crippen molar-refractivity contribution in [2.24, 2.45) is 23.7 Å². The van der Waals surface area contributed by atoms with Crippen LogP contribution in [0.1, 0.15) is 90.4 Å². The lowest BCUT2D eigenvalue weighted by molar-refractivity contribution is 0.240. The van der Waals surface area contributed by atoms with Crippen LogP contribution in [0.25, 0.3) is 0 Å². The highest BCUT2D eigenvalue weighted by atomic mass is 19.1.